The fourth-order valence-electron chi connectivity index (χ4n) is 2.60. The van der Waals surface area contributed by atoms with Gasteiger partial charge in [-0.15, -0.1) is 11.3 Å². The van der Waals surface area contributed by atoms with Crippen LogP contribution in [0.3, 0.4) is 0 Å². The first kappa shape index (κ1) is 15.6. The molecule has 0 spiro atoms. The number of anilines is 1. The van der Waals surface area contributed by atoms with E-state index in [1.807, 2.05) is 18.3 Å². The lowest BCUT2D eigenvalue weighted by molar-refractivity contribution is -0.117. The minimum atomic E-state index is 0.0326. The van der Waals surface area contributed by atoms with Crippen molar-refractivity contribution in [3.05, 3.63) is 45.4 Å². The first-order chi connectivity index (χ1) is 10.7. The van der Waals surface area contributed by atoms with E-state index in [1.54, 1.807) is 11.3 Å². The Morgan fingerprint density at radius 2 is 2.18 bits per heavy atom. The standard InChI is InChI=1S/C16H18BrN3OS/c17-13-5-3-4-12(8-13)9-14-10-18-16(22-14)19-15(21)11-20-6-1-2-7-20/h3-5,8,10H,1-2,6-7,9,11H2,(H,18,19,21). The van der Waals surface area contributed by atoms with Gasteiger partial charge in [-0.3, -0.25) is 9.69 Å². The Morgan fingerprint density at radius 3 is 2.95 bits per heavy atom. The third kappa shape index (κ3) is 4.38. The molecule has 0 aliphatic carbocycles. The number of nitrogens with one attached hydrogen (secondary N) is 1. The minimum Gasteiger partial charge on any atom is -0.301 e. The number of nitrogens with zero attached hydrogens (tertiary/aromatic N) is 2. The Labute approximate surface area is 142 Å². The highest BCUT2D eigenvalue weighted by molar-refractivity contribution is 9.10. The molecule has 1 N–H and O–H groups in total. The number of hydrogen-bond donors (Lipinski definition) is 1. The summed E-state index contributed by atoms with van der Waals surface area (Å²) in [5.41, 5.74) is 1.23. The van der Waals surface area contributed by atoms with Crippen LogP contribution >= 0.6 is 27.3 Å². The zero-order valence-corrected chi connectivity index (χ0v) is 14.6. The van der Waals surface area contributed by atoms with Crippen molar-refractivity contribution in [3.63, 3.8) is 0 Å². The van der Waals surface area contributed by atoms with Crippen molar-refractivity contribution >= 4 is 38.3 Å². The SMILES string of the molecule is O=C(CN1CCCC1)Nc1ncc(Cc2cccc(Br)c2)s1. The second kappa shape index (κ2) is 7.35. The molecule has 1 aliphatic rings. The second-order valence-electron chi connectivity index (χ2n) is 5.47. The summed E-state index contributed by atoms with van der Waals surface area (Å²) in [4.78, 5) is 19.6. The minimum absolute atomic E-state index is 0.0326. The monoisotopic (exact) mass is 379 g/mol. The van der Waals surface area contributed by atoms with Crippen LogP contribution in [0.2, 0.25) is 0 Å². The van der Waals surface area contributed by atoms with Gasteiger partial charge in [-0.1, -0.05) is 28.1 Å². The van der Waals surface area contributed by atoms with Gasteiger partial charge >= 0.3 is 0 Å². The number of benzene rings is 1. The van der Waals surface area contributed by atoms with E-state index in [1.165, 1.54) is 18.4 Å². The highest BCUT2D eigenvalue weighted by Crippen LogP contribution is 2.22. The third-order valence-electron chi connectivity index (χ3n) is 3.63. The molecule has 1 aromatic heterocycles. The first-order valence-corrected chi connectivity index (χ1v) is 9.01. The van der Waals surface area contributed by atoms with Crippen LogP contribution in [0.4, 0.5) is 5.13 Å². The molecule has 2 aromatic rings. The third-order valence-corrected chi connectivity index (χ3v) is 5.04. The molecule has 6 heteroatoms. The number of halogens is 1. The Morgan fingerprint density at radius 1 is 1.36 bits per heavy atom. The van der Waals surface area contributed by atoms with Gasteiger partial charge in [-0.2, -0.15) is 0 Å². The Kier molecular flexibility index (Phi) is 5.23. The van der Waals surface area contributed by atoms with Gasteiger partial charge in [0.2, 0.25) is 5.91 Å². The van der Waals surface area contributed by atoms with Crippen LogP contribution in [0.1, 0.15) is 23.3 Å². The van der Waals surface area contributed by atoms with E-state index in [2.05, 4.69) is 43.3 Å². The lowest BCUT2D eigenvalue weighted by atomic mass is 10.1. The van der Waals surface area contributed by atoms with Crippen LogP contribution in [-0.4, -0.2) is 35.4 Å². The number of carbonyl (C=O) groups excluding carboxylic acids is 1. The van der Waals surface area contributed by atoms with Gasteiger partial charge in [0.15, 0.2) is 5.13 Å². The molecule has 0 saturated carbocycles. The van der Waals surface area contributed by atoms with Crippen molar-refractivity contribution in [3.8, 4) is 0 Å². The summed E-state index contributed by atoms with van der Waals surface area (Å²) < 4.78 is 1.08. The molecule has 1 saturated heterocycles. The van der Waals surface area contributed by atoms with Crippen molar-refractivity contribution < 1.29 is 4.79 Å². The number of carbonyl (C=O) groups is 1. The van der Waals surface area contributed by atoms with Crippen LogP contribution in [0, 0.1) is 0 Å². The summed E-state index contributed by atoms with van der Waals surface area (Å²) in [5, 5.41) is 3.59. The van der Waals surface area contributed by atoms with Crippen LogP contribution in [0.5, 0.6) is 0 Å². The largest absolute Gasteiger partial charge is 0.301 e. The van der Waals surface area contributed by atoms with Gasteiger partial charge in [-0.05, 0) is 43.6 Å². The normalized spacial score (nSPS) is 15.1. The molecule has 0 bridgehead atoms. The van der Waals surface area contributed by atoms with Crippen LogP contribution in [-0.2, 0) is 11.2 Å². The van der Waals surface area contributed by atoms with Gasteiger partial charge in [0.25, 0.3) is 0 Å². The van der Waals surface area contributed by atoms with Crippen molar-refractivity contribution in [2.45, 2.75) is 19.3 Å². The summed E-state index contributed by atoms with van der Waals surface area (Å²) in [6, 6.07) is 8.24. The average Bonchev–Trinajstić information content (AvgIpc) is 3.11. The van der Waals surface area contributed by atoms with Gasteiger partial charge in [0, 0.05) is 22.0 Å². The zero-order chi connectivity index (χ0) is 15.4. The molecular weight excluding hydrogens is 362 g/mol. The highest BCUT2D eigenvalue weighted by atomic mass is 79.9. The molecule has 116 valence electrons. The number of likely N-dealkylation sites (tertiary alicyclic amines) is 1. The number of rotatable bonds is 5. The molecular formula is C16H18BrN3OS. The smallest absolute Gasteiger partial charge is 0.240 e. The van der Waals surface area contributed by atoms with Crippen molar-refractivity contribution in [1.82, 2.24) is 9.88 Å². The number of thiazole rings is 1. The van der Waals surface area contributed by atoms with Crippen molar-refractivity contribution in [1.29, 1.82) is 0 Å². The summed E-state index contributed by atoms with van der Waals surface area (Å²) in [6.07, 6.45) is 5.07. The Hall–Kier alpha value is -1.24. The molecule has 1 amide bonds. The number of aromatic nitrogens is 1. The molecule has 0 atom stereocenters. The molecule has 1 aliphatic heterocycles. The maximum Gasteiger partial charge on any atom is 0.240 e. The Balaban J connectivity index is 1.55. The van der Waals surface area contributed by atoms with E-state index >= 15 is 0 Å². The van der Waals surface area contributed by atoms with E-state index in [9.17, 15) is 4.79 Å². The average molecular weight is 380 g/mol. The van der Waals surface area contributed by atoms with Gasteiger partial charge in [-0.25, -0.2) is 4.98 Å². The van der Waals surface area contributed by atoms with E-state index in [4.69, 9.17) is 0 Å². The predicted molar refractivity (Wildman–Crippen MR) is 93.4 cm³/mol. The van der Waals surface area contributed by atoms with E-state index in [0.29, 0.717) is 11.7 Å². The van der Waals surface area contributed by atoms with Gasteiger partial charge in [0.1, 0.15) is 0 Å². The molecule has 3 rings (SSSR count). The quantitative estimate of drug-likeness (QED) is 0.863. The fraction of sp³-hybridized carbons (Fsp3) is 0.375. The molecule has 1 aromatic carbocycles. The molecule has 22 heavy (non-hydrogen) atoms. The molecule has 1 fully saturated rings. The zero-order valence-electron chi connectivity index (χ0n) is 12.2. The van der Waals surface area contributed by atoms with Crippen LogP contribution in [0.15, 0.2) is 34.9 Å². The second-order valence-corrected chi connectivity index (χ2v) is 7.50. The van der Waals surface area contributed by atoms with E-state index in [-0.39, 0.29) is 5.91 Å². The predicted octanol–water partition coefficient (Wildman–Crippen LogP) is 3.53. The van der Waals surface area contributed by atoms with E-state index < -0.39 is 0 Å². The fourth-order valence-corrected chi connectivity index (χ4v) is 3.91. The number of amides is 1. The van der Waals surface area contributed by atoms with Crippen LogP contribution in [0.25, 0.3) is 0 Å². The summed E-state index contributed by atoms with van der Waals surface area (Å²) in [5.74, 6) is 0.0326. The summed E-state index contributed by atoms with van der Waals surface area (Å²) in [6.45, 7) is 2.53. The van der Waals surface area contributed by atoms with Crippen LogP contribution < -0.4 is 5.32 Å². The highest BCUT2D eigenvalue weighted by Gasteiger charge is 2.16. The molecule has 0 unspecified atom stereocenters. The maximum absolute atomic E-state index is 12.0. The molecule has 4 nitrogen and oxygen atoms in total. The Bertz CT molecular complexity index is 652. The maximum atomic E-state index is 12.0. The topological polar surface area (TPSA) is 45.2 Å². The van der Waals surface area contributed by atoms with E-state index in [0.717, 1.165) is 28.9 Å². The summed E-state index contributed by atoms with van der Waals surface area (Å²) in [7, 11) is 0. The van der Waals surface area contributed by atoms with Crippen molar-refractivity contribution in [2.24, 2.45) is 0 Å². The molecule has 2 heterocycles. The lowest BCUT2D eigenvalue weighted by Gasteiger charge is -2.12. The number of hydrogen-bond acceptors (Lipinski definition) is 4. The molecule has 0 radical (unpaired) electrons. The van der Waals surface area contributed by atoms with Gasteiger partial charge < -0.3 is 5.32 Å². The summed E-state index contributed by atoms with van der Waals surface area (Å²) >= 11 is 5.02. The van der Waals surface area contributed by atoms with Crippen molar-refractivity contribution in [2.75, 3.05) is 25.0 Å². The van der Waals surface area contributed by atoms with Gasteiger partial charge in [0.05, 0.1) is 6.54 Å². The first-order valence-electron chi connectivity index (χ1n) is 7.40. The lowest BCUT2D eigenvalue weighted by Crippen LogP contribution is -2.30.